The Morgan fingerprint density at radius 1 is 1.42 bits per heavy atom. The van der Waals surface area contributed by atoms with Gasteiger partial charge in [0.15, 0.2) is 0 Å². The second-order valence-corrected chi connectivity index (χ2v) is 3.73. The van der Waals surface area contributed by atoms with Crippen molar-refractivity contribution in [3.8, 4) is 0 Å². The molecule has 0 aromatic heterocycles. The Labute approximate surface area is 74.1 Å². The van der Waals surface area contributed by atoms with Crippen LogP contribution in [0.4, 0.5) is 0 Å². The molecule has 1 rings (SSSR count). The number of hydrogen-bond acceptors (Lipinski definition) is 3. The summed E-state index contributed by atoms with van der Waals surface area (Å²) in [6.07, 6.45) is 3.56. The van der Waals surface area contributed by atoms with Gasteiger partial charge in [0.1, 0.15) is 0 Å². The van der Waals surface area contributed by atoms with E-state index in [0.29, 0.717) is 6.54 Å². The molecule has 0 aromatic rings. The van der Waals surface area contributed by atoms with E-state index in [0.717, 1.165) is 18.9 Å². The van der Waals surface area contributed by atoms with Crippen molar-refractivity contribution in [2.75, 3.05) is 26.2 Å². The van der Waals surface area contributed by atoms with E-state index < -0.39 is 0 Å². The lowest BCUT2D eigenvalue weighted by molar-refractivity contribution is 0.191. The molecule has 3 nitrogen and oxygen atoms in total. The summed E-state index contributed by atoms with van der Waals surface area (Å²) in [7, 11) is 0. The van der Waals surface area contributed by atoms with E-state index in [2.05, 4.69) is 17.0 Å². The van der Waals surface area contributed by atoms with Gasteiger partial charge in [0.05, 0.1) is 6.54 Å². The Balaban J connectivity index is 2.05. The van der Waals surface area contributed by atoms with Crippen molar-refractivity contribution < 1.29 is 0 Å². The molecule has 1 aliphatic heterocycles. The van der Waals surface area contributed by atoms with Gasteiger partial charge >= 0.3 is 0 Å². The number of rotatable bonds is 4. The smallest absolute Gasteiger partial charge is 0.0823 e. The molecule has 1 heterocycles. The Bertz CT molecular complexity index is 130. The van der Waals surface area contributed by atoms with E-state index in [-0.39, 0.29) is 0 Å². The summed E-state index contributed by atoms with van der Waals surface area (Å²) in [6.45, 7) is 6.26. The van der Waals surface area contributed by atoms with Crippen molar-refractivity contribution in [3.63, 3.8) is 0 Å². The lowest BCUT2D eigenvalue weighted by Gasteiger charge is -2.29. The van der Waals surface area contributed by atoms with Crippen molar-refractivity contribution in [1.82, 2.24) is 4.90 Å². The normalized spacial score (nSPS) is 21.1. The highest BCUT2D eigenvalue weighted by Gasteiger charge is 2.14. The molecule has 0 aliphatic carbocycles. The van der Waals surface area contributed by atoms with Gasteiger partial charge in [-0.15, -0.1) is 0 Å². The van der Waals surface area contributed by atoms with Gasteiger partial charge in [0, 0.05) is 6.54 Å². The molecule has 0 bridgehead atoms. The molecule has 3 heteroatoms. The van der Waals surface area contributed by atoms with Crippen LogP contribution in [-0.2, 0) is 0 Å². The lowest BCUT2D eigenvalue weighted by Crippen LogP contribution is -2.33. The zero-order valence-electron chi connectivity index (χ0n) is 7.83. The zero-order chi connectivity index (χ0) is 8.81. The molecule has 0 spiro atoms. The first-order valence-corrected chi connectivity index (χ1v) is 4.84. The average Bonchev–Trinajstić information content (AvgIpc) is 2.09. The van der Waals surface area contributed by atoms with Gasteiger partial charge in [0.25, 0.3) is 0 Å². The molecule has 0 saturated carbocycles. The summed E-state index contributed by atoms with van der Waals surface area (Å²) in [5, 5.41) is 2.86. The number of nitrogens with zero attached hydrogens (tertiary/aromatic N) is 2. The first-order chi connectivity index (χ1) is 5.83. The number of piperidine rings is 1. The number of likely N-dealkylation sites (tertiary alicyclic amines) is 1. The van der Waals surface area contributed by atoms with E-state index in [4.69, 9.17) is 0 Å². The Hall–Kier alpha value is -0.440. The third kappa shape index (κ3) is 3.30. The van der Waals surface area contributed by atoms with E-state index in [9.17, 15) is 4.91 Å². The fourth-order valence-corrected chi connectivity index (χ4v) is 1.64. The molecule has 1 fully saturated rings. The van der Waals surface area contributed by atoms with Crippen LogP contribution in [0.5, 0.6) is 0 Å². The number of hydrogen-bond donors (Lipinski definition) is 0. The Kier molecular flexibility index (Phi) is 4.22. The van der Waals surface area contributed by atoms with Gasteiger partial charge < -0.3 is 4.90 Å². The lowest BCUT2D eigenvalue weighted by atomic mass is 9.99. The zero-order valence-corrected chi connectivity index (χ0v) is 7.83. The molecule has 0 radical (unpaired) electrons. The van der Waals surface area contributed by atoms with Crippen LogP contribution in [0, 0.1) is 10.8 Å². The third-order valence-corrected chi connectivity index (χ3v) is 2.60. The van der Waals surface area contributed by atoms with E-state index >= 15 is 0 Å². The minimum absolute atomic E-state index is 0.478. The van der Waals surface area contributed by atoms with Gasteiger partial charge in [-0.3, -0.25) is 0 Å². The van der Waals surface area contributed by atoms with Crippen LogP contribution in [0.2, 0.25) is 0 Å². The van der Waals surface area contributed by atoms with Crippen molar-refractivity contribution in [1.29, 1.82) is 0 Å². The van der Waals surface area contributed by atoms with E-state index in [1.165, 1.54) is 25.9 Å². The molecular formula is C9H18N2O. The van der Waals surface area contributed by atoms with Crippen molar-refractivity contribution in [2.24, 2.45) is 11.1 Å². The third-order valence-electron chi connectivity index (χ3n) is 2.60. The molecule has 0 N–H and O–H groups in total. The second-order valence-electron chi connectivity index (χ2n) is 3.73. The minimum Gasteiger partial charge on any atom is -0.303 e. The highest BCUT2D eigenvalue weighted by atomic mass is 16.3. The van der Waals surface area contributed by atoms with Gasteiger partial charge in [0.2, 0.25) is 0 Å². The fraction of sp³-hybridized carbons (Fsp3) is 1.00. The van der Waals surface area contributed by atoms with Crippen LogP contribution in [0.25, 0.3) is 0 Å². The van der Waals surface area contributed by atoms with Gasteiger partial charge in [-0.05, 0) is 38.3 Å². The molecule has 0 atom stereocenters. The molecule has 0 unspecified atom stereocenters. The van der Waals surface area contributed by atoms with Crippen LogP contribution in [0.15, 0.2) is 5.18 Å². The van der Waals surface area contributed by atoms with Crippen molar-refractivity contribution >= 4 is 0 Å². The molecule has 70 valence electrons. The first-order valence-electron chi connectivity index (χ1n) is 4.84. The molecule has 1 saturated heterocycles. The standard InChI is InChI=1S/C9H18N2O/c1-9-3-7-11(8-4-9)6-2-5-10-12/h9H,2-8H2,1H3. The monoisotopic (exact) mass is 170 g/mol. The quantitative estimate of drug-likeness (QED) is 0.476. The van der Waals surface area contributed by atoms with Crippen molar-refractivity contribution in [3.05, 3.63) is 4.91 Å². The maximum absolute atomic E-state index is 9.83. The minimum atomic E-state index is 0.478. The highest BCUT2D eigenvalue weighted by molar-refractivity contribution is 4.69. The summed E-state index contributed by atoms with van der Waals surface area (Å²) in [5.41, 5.74) is 0. The van der Waals surface area contributed by atoms with Crippen LogP contribution < -0.4 is 0 Å². The van der Waals surface area contributed by atoms with Gasteiger partial charge in [-0.2, -0.15) is 4.91 Å². The molecule has 12 heavy (non-hydrogen) atoms. The molecular weight excluding hydrogens is 152 g/mol. The molecule has 0 amide bonds. The average molecular weight is 170 g/mol. The summed E-state index contributed by atoms with van der Waals surface area (Å²) < 4.78 is 0. The summed E-state index contributed by atoms with van der Waals surface area (Å²) in [6, 6.07) is 0. The van der Waals surface area contributed by atoms with Crippen LogP contribution >= 0.6 is 0 Å². The maximum Gasteiger partial charge on any atom is 0.0823 e. The predicted octanol–water partition coefficient (Wildman–Crippen LogP) is 1.87. The summed E-state index contributed by atoms with van der Waals surface area (Å²) >= 11 is 0. The van der Waals surface area contributed by atoms with Crippen LogP contribution in [-0.4, -0.2) is 31.1 Å². The molecule has 1 aliphatic rings. The van der Waals surface area contributed by atoms with Crippen LogP contribution in [0.3, 0.4) is 0 Å². The Morgan fingerprint density at radius 3 is 2.67 bits per heavy atom. The van der Waals surface area contributed by atoms with Gasteiger partial charge in [-0.1, -0.05) is 12.1 Å². The SMILES string of the molecule is CC1CCN(CCCN=O)CC1. The predicted molar refractivity (Wildman–Crippen MR) is 50.1 cm³/mol. The first kappa shape index (κ1) is 9.65. The van der Waals surface area contributed by atoms with E-state index in [1.54, 1.807) is 0 Å². The second kappa shape index (κ2) is 5.25. The summed E-state index contributed by atoms with van der Waals surface area (Å²) in [4.78, 5) is 12.3. The highest BCUT2D eigenvalue weighted by Crippen LogP contribution is 2.15. The van der Waals surface area contributed by atoms with Crippen molar-refractivity contribution in [2.45, 2.75) is 26.2 Å². The van der Waals surface area contributed by atoms with Crippen LogP contribution in [0.1, 0.15) is 26.2 Å². The Morgan fingerprint density at radius 2 is 2.08 bits per heavy atom. The summed E-state index contributed by atoms with van der Waals surface area (Å²) in [5.74, 6) is 0.894. The maximum atomic E-state index is 9.83. The van der Waals surface area contributed by atoms with Gasteiger partial charge in [-0.25, -0.2) is 0 Å². The largest absolute Gasteiger partial charge is 0.303 e. The number of nitroso groups, excluding NO2 is 1. The fourth-order valence-electron chi connectivity index (χ4n) is 1.64. The van der Waals surface area contributed by atoms with E-state index in [1.807, 2.05) is 0 Å². The topological polar surface area (TPSA) is 32.7 Å². The molecule has 0 aromatic carbocycles.